The van der Waals surface area contributed by atoms with Gasteiger partial charge in [0, 0.05) is 12.6 Å². The second-order valence-electron chi connectivity index (χ2n) is 4.22. The maximum atomic E-state index is 11.4. The molecule has 6 nitrogen and oxygen atoms in total. The topological polar surface area (TPSA) is 84.9 Å². The molecule has 21 heavy (non-hydrogen) atoms. The Hall–Kier alpha value is -2.50. The largest absolute Gasteiger partial charge is 0.504 e. The van der Waals surface area contributed by atoms with E-state index in [9.17, 15) is 14.7 Å². The summed E-state index contributed by atoms with van der Waals surface area (Å²) in [4.78, 5) is 22.7. The van der Waals surface area contributed by atoms with Crippen LogP contribution in [-0.4, -0.2) is 37.2 Å². The van der Waals surface area contributed by atoms with Gasteiger partial charge in [0.15, 0.2) is 18.1 Å². The number of rotatable bonds is 7. The molecule has 0 saturated carbocycles. The zero-order valence-electron chi connectivity index (χ0n) is 12.1. The summed E-state index contributed by atoms with van der Waals surface area (Å²) in [7, 11) is 1.44. The van der Waals surface area contributed by atoms with Crippen LogP contribution >= 0.6 is 0 Å². The van der Waals surface area contributed by atoms with Crippen LogP contribution in [0.15, 0.2) is 24.3 Å². The summed E-state index contributed by atoms with van der Waals surface area (Å²) in [6.07, 6.45) is 3.54. The molecule has 0 aromatic heterocycles. The Morgan fingerprint density at radius 2 is 2.14 bits per heavy atom. The SMILES string of the molecule is CCCNC(=O)COC(=O)/C=C/c1ccc(O)c(OC)c1. The lowest BCUT2D eigenvalue weighted by molar-refractivity contribution is -0.143. The quantitative estimate of drug-likeness (QED) is 0.587. The highest BCUT2D eigenvalue weighted by Gasteiger charge is 2.04. The highest BCUT2D eigenvalue weighted by atomic mass is 16.5. The van der Waals surface area contributed by atoms with Crippen LogP contribution in [0.25, 0.3) is 6.08 Å². The number of phenols is 1. The third-order valence-electron chi connectivity index (χ3n) is 2.53. The Kier molecular flexibility index (Phi) is 6.80. The van der Waals surface area contributed by atoms with Crippen molar-refractivity contribution in [3.8, 4) is 11.5 Å². The molecule has 1 rings (SSSR count). The van der Waals surface area contributed by atoms with Gasteiger partial charge in [0.25, 0.3) is 5.91 Å². The molecule has 114 valence electrons. The summed E-state index contributed by atoms with van der Waals surface area (Å²) in [5.74, 6) is -0.618. The molecule has 0 fully saturated rings. The van der Waals surface area contributed by atoms with Crippen molar-refractivity contribution in [2.24, 2.45) is 0 Å². The first kappa shape index (κ1) is 16.6. The van der Waals surface area contributed by atoms with E-state index in [0.29, 0.717) is 17.9 Å². The number of carbonyl (C=O) groups excluding carboxylic acids is 2. The maximum Gasteiger partial charge on any atom is 0.331 e. The van der Waals surface area contributed by atoms with Gasteiger partial charge in [-0.05, 0) is 30.2 Å². The fourth-order valence-electron chi connectivity index (χ4n) is 1.46. The zero-order valence-corrected chi connectivity index (χ0v) is 12.1. The van der Waals surface area contributed by atoms with Crippen LogP contribution in [0.2, 0.25) is 0 Å². The van der Waals surface area contributed by atoms with Gasteiger partial charge in [-0.15, -0.1) is 0 Å². The fraction of sp³-hybridized carbons (Fsp3) is 0.333. The first-order valence-corrected chi connectivity index (χ1v) is 6.55. The number of benzene rings is 1. The third-order valence-corrected chi connectivity index (χ3v) is 2.53. The van der Waals surface area contributed by atoms with Gasteiger partial charge in [-0.3, -0.25) is 4.79 Å². The predicted molar refractivity (Wildman–Crippen MR) is 78.0 cm³/mol. The smallest absolute Gasteiger partial charge is 0.331 e. The normalized spacial score (nSPS) is 10.4. The van der Waals surface area contributed by atoms with Gasteiger partial charge < -0.3 is 19.9 Å². The predicted octanol–water partition coefficient (Wildman–Crippen LogP) is 1.48. The summed E-state index contributed by atoms with van der Waals surface area (Å²) in [5, 5.41) is 12.0. The van der Waals surface area contributed by atoms with Crippen molar-refractivity contribution in [1.29, 1.82) is 0 Å². The van der Waals surface area contributed by atoms with E-state index < -0.39 is 5.97 Å². The van der Waals surface area contributed by atoms with Gasteiger partial charge in [-0.2, -0.15) is 0 Å². The standard InChI is InChI=1S/C15H19NO5/c1-3-8-16-14(18)10-21-15(19)7-5-11-4-6-12(17)13(9-11)20-2/h4-7,9,17H,3,8,10H2,1-2H3,(H,16,18)/b7-5+. The van der Waals surface area contributed by atoms with Crippen molar-refractivity contribution in [2.45, 2.75) is 13.3 Å². The maximum absolute atomic E-state index is 11.4. The van der Waals surface area contributed by atoms with E-state index >= 15 is 0 Å². The van der Waals surface area contributed by atoms with Crippen LogP contribution in [0.4, 0.5) is 0 Å². The van der Waals surface area contributed by atoms with Crippen molar-refractivity contribution in [1.82, 2.24) is 5.32 Å². The lowest BCUT2D eigenvalue weighted by atomic mass is 10.2. The van der Waals surface area contributed by atoms with Crippen LogP contribution in [0.1, 0.15) is 18.9 Å². The molecule has 0 radical (unpaired) electrons. The summed E-state index contributed by atoms with van der Waals surface area (Å²) in [6.45, 7) is 2.18. The van der Waals surface area contributed by atoms with Crippen LogP contribution in [-0.2, 0) is 14.3 Å². The number of esters is 1. The van der Waals surface area contributed by atoms with Gasteiger partial charge in [0.1, 0.15) is 0 Å². The number of methoxy groups -OCH3 is 1. The molecular formula is C15H19NO5. The van der Waals surface area contributed by atoms with Crippen LogP contribution in [0, 0.1) is 0 Å². The highest BCUT2D eigenvalue weighted by molar-refractivity contribution is 5.89. The van der Waals surface area contributed by atoms with Gasteiger partial charge >= 0.3 is 5.97 Å². The molecule has 0 bridgehead atoms. The van der Waals surface area contributed by atoms with Crippen molar-refractivity contribution < 1.29 is 24.2 Å². The van der Waals surface area contributed by atoms with E-state index in [2.05, 4.69) is 5.32 Å². The number of nitrogens with one attached hydrogen (secondary N) is 1. The summed E-state index contributed by atoms with van der Waals surface area (Å²) in [5.41, 5.74) is 0.664. The average molecular weight is 293 g/mol. The number of hydrogen-bond donors (Lipinski definition) is 2. The number of hydrogen-bond acceptors (Lipinski definition) is 5. The Balaban J connectivity index is 2.49. The Labute approximate surface area is 123 Å². The second-order valence-corrected chi connectivity index (χ2v) is 4.22. The lowest BCUT2D eigenvalue weighted by Gasteiger charge is -2.04. The van der Waals surface area contributed by atoms with Crippen LogP contribution in [0.5, 0.6) is 11.5 Å². The van der Waals surface area contributed by atoms with Crippen molar-refractivity contribution in [3.63, 3.8) is 0 Å². The third kappa shape index (κ3) is 5.99. The molecule has 0 unspecified atom stereocenters. The molecule has 0 atom stereocenters. The molecular weight excluding hydrogens is 274 g/mol. The number of ether oxygens (including phenoxy) is 2. The highest BCUT2D eigenvalue weighted by Crippen LogP contribution is 2.26. The fourth-order valence-corrected chi connectivity index (χ4v) is 1.46. The van der Waals surface area contributed by atoms with Crippen LogP contribution < -0.4 is 10.1 Å². The van der Waals surface area contributed by atoms with E-state index in [1.807, 2.05) is 6.92 Å². The van der Waals surface area contributed by atoms with E-state index in [4.69, 9.17) is 9.47 Å². The molecule has 0 spiro atoms. The summed E-state index contributed by atoms with van der Waals surface area (Å²) >= 11 is 0. The Morgan fingerprint density at radius 3 is 2.81 bits per heavy atom. The van der Waals surface area contributed by atoms with Crippen LogP contribution in [0.3, 0.4) is 0 Å². The van der Waals surface area contributed by atoms with E-state index in [-0.39, 0.29) is 18.3 Å². The number of phenolic OH excluding ortho intramolecular Hbond substituents is 1. The molecule has 0 aliphatic rings. The molecule has 1 aromatic rings. The van der Waals surface area contributed by atoms with Gasteiger partial charge in [0.05, 0.1) is 7.11 Å². The van der Waals surface area contributed by atoms with Gasteiger partial charge in [-0.25, -0.2) is 4.79 Å². The molecule has 0 saturated heterocycles. The zero-order chi connectivity index (χ0) is 15.7. The number of aromatic hydroxyl groups is 1. The van der Waals surface area contributed by atoms with E-state index in [1.165, 1.54) is 25.3 Å². The minimum atomic E-state index is -0.617. The van der Waals surface area contributed by atoms with E-state index in [1.54, 1.807) is 12.1 Å². The number of amides is 1. The molecule has 6 heteroatoms. The molecule has 1 aromatic carbocycles. The lowest BCUT2D eigenvalue weighted by Crippen LogP contribution is -2.28. The van der Waals surface area contributed by atoms with E-state index in [0.717, 1.165) is 6.42 Å². The molecule has 2 N–H and O–H groups in total. The molecule has 0 aliphatic heterocycles. The summed E-state index contributed by atoms with van der Waals surface area (Å²) in [6, 6.07) is 4.66. The Bertz CT molecular complexity index is 525. The Morgan fingerprint density at radius 1 is 1.38 bits per heavy atom. The van der Waals surface area contributed by atoms with Crippen molar-refractivity contribution >= 4 is 18.0 Å². The molecule has 0 aliphatic carbocycles. The van der Waals surface area contributed by atoms with Crippen molar-refractivity contribution in [3.05, 3.63) is 29.8 Å². The number of carbonyl (C=O) groups is 2. The molecule has 0 heterocycles. The first-order valence-electron chi connectivity index (χ1n) is 6.55. The second kappa shape index (κ2) is 8.63. The molecule has 1 amide bonds. The summed E-state index contributed by atoms with van der Waals surface area (Å²) < 4.78 is 9.74. The first-order chi connectivity index (χ1) is 10.1. The van der Waals surface area contributed by atoms with Crippen molar-refractivity contribution in [2.75, 3.05) is 20.3 Å². The monoisotopic (exact) mass is 293 g/mol. The van der Waals surface area contributed by atoms with Gasteiger partial charge in [-0.1, -0.05) is 13.0 Å². The minimum absolute atomic E-state index is 0.0184. The minimum Gasteiger partial charge on any atom is -0.504 e. The van der Waals surface area contributed by atoms with Gasteiger partial charge in [0.2, 0.25) is 0 Å². The average Bonchev–Trinajstić information content (AvgIpc) is 2.49.